The minimum Gasteiger partial charge on any atom is -0.406 e. The molecule has 0 aromatic heterocycles. The number of halogens is 3. The van der Waals surface area contributed by atoms with Crippen LogP contribution in [0.4, 0.5) is 23.7 Å². The van der Waals surface area contributed by atoms with E-state index in [4.69, 9.17) is 0 Å². The van der Waals surface area contributed by atoms with Gasteiger partial charge in [0.05, 0.1) is 0 Å². The van der Waals surface area contributed by atoms with Gasteiger partial charge in [-0.3, -0.25) is 4.31 Å². The largest absolute Gasteiger partial charge is 0.573 e. The summed E-state index contributed by atoms with van der Waals surface area (Å²) in [6.07, 6.45) is -3.02. The van der Waals surface area contributed by atoms with E-state index >= 15 is 0 Å². The third-order valence-electron chi connectivity index (χ3n) is 3.54. The SMILES string of the molecule is CC(C)(C)SN1CCC(NC(=O)Nc2ccc(OC(F)(F)F)cc2)CC1. The lowest BCUT2D eigenvalue weighted by Crippen LogP contribution is -2.45. The molecule has 146 valence electrons. The Morgan fingerprint density at radius 2 is 1.73 bits per heavy atom. The van der Waals surface area contributed by atoms with Gasteiger partial charge in [0.25, 0.3) is 0 Å². The molecular weight excluding hydrogens is 367 g/mol. The van der Waals surface area contributed by atoms with Crippen LogP contribution in [0, 0.1) is 0 Å². The lowest BCUT2D eigenvalue weighted by molar-refractivity contribution is -0.274. The monoisotopic (exact) mass is 391 g/mol. The van der Waals surface area contributed by atoms with E-state index in [1.165, 1.54) is 12.1 Å². The summed E-state index contributed by atoms with van der Waals surface area (Å²) in [5, 5.41) is 5.53. The van der Waals surface area contributed by atoms with Crippen molar-refractivity contribution in [1.29, 1.82) is 0 Å². The van der Waals surface area contributed by atoms with Crippen LogP contribution < -0.4 is 15.4 Å². The number of carbonyl (C=O) groups excluding carboxylic acids is 1. The normalized spacial score (nSPS) is 17.0. The first kappa shape index (κ1) is 20.7. The van der Waals surface area contributed by atoms with Crippen LogP contribution in [0.2, 0.25) is 0 Å². The number of alkyl halides is 3. The Kier molecular flexibility index (Phi) is 6.68. The van der Waals surface area contributed by atoms with Crippen molar-refractivity contribution in [2.24, 2.45) is 0 Å². The zero-order valence-corrected chi connectivity index (χ0v) is 15.8. The lowest BCUT2D eigenvalue weighted by atomic mass is 10.1. The number of ether oxygens (including phenoxy) is 1. The van der Waals surface area contributed by atoms with E-state index < -0.39 is 6.36 Å². The second kappa shape index (κ2) is 8.39. The summed E-state index contributed by atoms with van der Waals surface area (Å²) in [7, 11) is 0. The Bertz CT molecular complexity index is 595. The van der Waals surface area contributed by atoms with Crippen molar-refractivity contribution < 1.29 is 22.7 Å². The van der Waals surface area contributed by atoms with Gasteiger partial charge in [0.2, 0.25) is 0 Å². The summed E-state index contributed by atoms with van der Waals surface area (Å²) >= 11 is 1.82. The summed E-state index contributed by atoms with van der Waals surface area (Å²) in [4.78, 5) is 12.1. The lowest BCUT2D eigenvalue weighted by Gasteiger charge is -2.35. The molecule has 1 aliphatic heterocycles. The highest BCUT2D eigenvalue weighted by Crippen LogP contribution is 2.30. The Hall–Kier alpha value is -1.61. The number of piperidine rings is 1. The van der Waals surface area contributed by atoms with Crippen LogP contribution in [-0.2, 0) is 0 Å². The molecule has 9 heteroatoms. The fourth-order valence-electron chi connectivity index (χ4n) is 2.57. The molecule has 0 spiro atoms. The predicted molar refractivity (Wildman–Crippen MR) is 97.2 cm³/mol. The molecular formula is C17H24F3N3O2S. The molecule has 2 rings (SSSR count). The summed E-state index contributed by atoms with van der Waals surface area (Å²) in [6, 6.07) is 4.76. The first-order valence-electron chi connectivity index (χ1n) is 8.38. The molecule has 5 nitrogen and oxygen atoms in total. The van der Waals surface area contributed by atoms with Crippen molar-refractivity contribution in [2.75, 3.05) is 18.4 Å². The van der Waals surface area contributed by atoms with Gasteiger partial charge in [-0.25, -0.2) is 4.79 Å². The highest BCUT2D eigenvalue weighted by atomic mass is 32.2. The maximum Gasteiger partial charge on any atom is 0.573 e. The Morgan fingerprint density at radius 3 is 2.23 bits per heavy atom. The quantitative estimate of drug-likeness (QED) is 0.736. The molecule has 0 bridgehead atoms. The fourth-order valence-corrected chi connectivity index (χ4v) is 3.74. The van der Waals surface area contributed by atoms with Crippen LogP contribution in [0.15, 0.2) is 24.3 Å². The summed E-state index contributed by atoms with van der Waals surface area (Å²) in [5.74, 6) is -0.327. The molecule has 1 aromatic carbocycles. The maximum atomic E-state index is 12.1. The Balaban J connectivity index is 1.75. The van der Waals surface area contributed by atoms with Crippen molar-refractivity contribution in [3.63, 3.8) is 0 Å². The van der Waals surface area contributed by atoms with Crippen LogP contribution in [0.1, 0.15) is 33.6 Å². The Morgan fingerprint density at radius 1 is 1.15 bits per heavy atom. The van der Waals surface area contributed by atoms with Gasteiger partial charge in [-0.2, -0.15) is 0 Å². The van der Waals surface area contributed by atoms with E-state index in [9.17, 15) is 18.0 Å². The van der Waals surface area contributed by atoms with Gasteiger partial charge >= 0.3 is 12.4 Å². The van der Waals surface area contributed by atoms with Gasteiger partial charge in [-0.15, -0.1) is 13.2 Å². The van der Waals surface area contributed by atoms with Gasteiger partial charge in [0, 0.05) is 29.6 Å². The van der Waals surface area contributed by atoms with Crippen molar-refractivity contribution in [3.05, 3.63) is 24.3 Å². The van der Waals surface area contributed by atoms with Gasteiger partial charge in [0.1, 0.15) is 5.75 Å². The van der Waals surface area contributed by atoms with Gasteiger partial charge in [-0.1, -0.05) is 11.9 Å². The van der Waals surface area contributed by atoms with Crippen LogP contribution in [0.25, 0.3) is 0 Å². The molecule has 0 radical (unpaired) electrons. The smallest absolute Gasteiger partial charge is 0.406 e. The first-order chi connectivity index (χ1) is 12.0. The van der Waals surface area contributed by atoms with E-state index in [0.717, 1.165) is 38.1 Å². The van der Waals surface area contributed by atoms with Gasteiger partial charge in [0.15, 0.2) is 0 Å². The zero-order valence-electron chi connectivity index (χ0n) is 15.0. The number of nitrogens with zero attached hydrogens (tertiary/aromatic N) is 1. The van der Waals surface area contributed by atoms with Crippen molar-refractivity contribution in [2.45, 2.75) is 50.8 Å². The third kappa shape index (κ3) is 7.74. The van der Waals surface area contributed by atoms with Crippen molar-refractivity contribution in [3.8, 4) is 5.75 Å². The van der Waals surface area contributed by atoms with E-state index in [-0.39, 0.29) is 22.6 Å². The third-order valence-corrected chi connectivity index (χ3v) is 4.71. The van der Waals surface area contributed by atoms with Crippen molar-refractivity contribution in [1.82, 2.24) is 9.62 Å². The number of rotatable bonds is 4. The number of urea groups is 1. The highest BCUT2D eigenvalue weighted by molar-refractivity contribution is 7.98. The molecule has 1 aromatic rings. The molecule has 2 amide bonds. The number of nitrogens with one attached hydrogen (secondary N) is 2. The molecule has 1 saturated heterocycles. The highest BCUT2D eigenvalue weighted by Gasteiger charge is 2.31. The van der Waals surface area contributed by atoms with E-state index in [1.807, 2.05) is 11.9 Å². The molecule has 0 unspecified atom stereocenters. The summed E-state index contributed by atoms with van der Waals surface area (Å²) in [6.45, 7) is 8.30. The minimum atomic E-state index is -4.73. The summed E-state index contributed by atoms with van der Waals surface area (Å²) < 4.78 is 42.6. The van der Waals surface area contributed by atoms with E-state index in [1.54, 1.807) is 0 Å². The number of hydrogen-bond donors (Lipinski definition) is 2. The topological polar surface area (TPSA) is 53.6 Å². The maximum absolute atomic E-state index is 12.1. The van der Waals surface area contributed by atoms with Crippen molar-refractivity contribution >= 4 is 23.7 Å². The van der Waals surface area contributed by atoms with Crippen LogP contribution >= 0.6 is 11.9 Å². The molecule has 1 heterocycles. The number of anilines is 1. The fraction of sp³-hybridized carbons (Fsp3) is 0.588. The van der Waals surface area contributed by atoms with Crippen LogP contribution in [0.5, 0.6) is 5.75 Å². The number of carbonyl (C=O) groups is 1. The number of benzene rings is 1. The van der Waals surface area contributed by atoms with E-state index in [0.29, 0.717) is 5.69 Å². The van der Waals surface area contributed by atoms with Crippen LogP contribution in [-0.4, -0.2) is 40.6 Å². The summed E-state index contributed by atoms with van der Waals surface area (Å²) in [5.41, 5.74) is 0.401. The molecule has 1 fully saturated rings. The molecule has 0 saturated carbocycles. The minimum absolute atomic E-state index is 0.0830. The number of hydrogen-bond acceptors (Lipinski definition) is 4. The van der Waals surface area contributed by atoms with Gasteiger partial charge in [-0.05, 0) is 57.9 Å². The standard InChI is InChI=1S/C17H24F3N3O2S/c1-16(2,3)26-23-10-8-13(9-11-23)22-15(24)21-12-4-6-14(7-5-12)25-17(18,19)20/h4-7,13H,8-11H2,1-3H3,(H2,21,22,24). The molecule has 0 atom stereocenters. The van der Waals surface area contributed by atoms with E-state index in [2.05, 4.69) is 40.4 Å². The molecule has 1 aliphatic rings. The van der Waals surface area contributed by atoms with Gasteiger partial charge < -0.3 is 15.4 Å². The average molecular weight is 391 g/mol. The molecule has 0 aliphatic carbocycles. The number of amides is 2. The van der Waals surface area contributed by atoms with Crippen LogP contribution in [0.3, 0.4) is 0 Å². The molecule has 2 N–H and O–H groups in total. The first-order valence-corrected chi connectivity index (χ1v) is 9.15. The second-order valence-electron chi connectivity index (χ2n) is 7.08. The Labute approximate surface area is 155 Å². The average Bonchev–Trinajstić information content (AvgIpc) is 2.48. The zero-order chi connectivity index (χ0) is 19.4. The molecule has 26 heavy (non-hydrogen) atoms. The second-order valence-corrected chi connectivity index (χ2v) is 9.00. The predicted octanol–water partition coefficient (Wildman–Crippen LogP) is 4.62.